The number of ether oxygens (including phenoxy) is 1. The summed E-state index contributed by atoms with van der Waals surface area (Å²) in [5, 5.41) is 13.2. The second-order valence-corrected chi connectivity index (χ2v) is 5.06. The summed E-state index contributed by atoms with van der Waals surface area (Å²) in [5.41, 5.74) is -0.854. The zero-order valence-corrected chi connectivity index (χ0v) is 13.1. The molecule has 0 saturated heterocycles. The predicted molar refractivity (Wildman–Crippen MR) is 80.8 cm³/mol. The molecule has 0 aliphatic rings. The van der Waals surface area contributed by atoms with Crippen molar-refractivity contribution in [3.8, 4) is 0 Å². The standard InChI is InChI=1S/C14H19N3O6/c1-4-9(2)13(14(20)23-3)15-11(18)8-16-7-10(17(21)22)5-6-12(16)19/h5-7,9,13H,4,8H2,1-3H3,(H,15,18). The van der Waals surface area contributed by atoms with E-state index in [1.54, 1.807) is 6.92 Å². The molecule has 9 heteroatoms. The van der Waals surface area contributed by atoms with Crippen molar-refractivity contribution in [2.45, 2.75) is 32.9 Å². The van der Waals surface area contributed by atoms with Gasteiger partial charge in [0.1, 0.15) is 12.6 Å². The summed E-state index contributed by atoms with van der Waals surface area (Å²) in [5.74, 6) is -1.35. The highest BCUT2D eigenvalue weighted by atomic mass is 16.6. The van der Waals surface area contributed by atoms with Crippen LogP contribution in [0.1, 0.15) is 20.3 Å². The minimum Gasteiger partial charge on any atom is -0.467 e. The summed E-state index contributed by atoms with van der Waals surface area (Å²) in [6.45, 7) is 3.21. The summed E-state index contributed by atoms with van der Waals surface area (Å²) in [7, 11) is 1.22. The third-order valence-corrected chi connectivity index (χ3v) is 3.48. The minimum absolute atomic E-state index is 0.159. The number of nitro groups is 1. The van der Waals surface area contributed by atoms with Gasteiger partial charge in [0.15, 0.2) is 0 Å². The quantitative estimate of drug-likeness (QED) is 0.442. The topological polar surface area (TPSA) is 121 Å². The van der Waals surface area contributed by atoms with E-state index in [1.807, 2.05) is 6.92 Å². The smallest absolute Gasteiger partial charge is 0.328 e. The highest BCUT2D eigenvalue weighted by Gasteiger charge is 2.26. The van der Waals surface area contributed by atoms with Gasteiger partial charge >= 0.3 is 5.97 Å². The third kappa shape index (κ3) is 4.90. The van der Waals surface area contributed by atoms with Crippen LogP contribution in [0.3, 0.4) is 0 Å². The van der Waals surface area contributed by atoms with Crippen LogP contribution >= 0.6 is 0 Å². The molecule has 1 amide bonds. The Hall–Kier alpha value is -2.71. The lowest BCUT2D eigenvalue weighted by Gasteiger charge is -2.21. The van der Waals surface area contributed by atoms with Crippen molar-refractivity contribution in [1.29, 1.82) is 0 Å². The number of nitrogens with zero attached hydrogens (tertiary/aromatic N) is 2. The van der Waals surface area contributed by atoms with Crippen molar-refractivity contribution >= 4 is 17.6 Å². The number of rotatable bonds is 7. The third-order valence-electron chi connectivity index (χ3n) is 3.48. The van der Waals surface area contributed by atoms with Gasteiger partial charge in [-0.25, -0.2) is 4.79 Å². The first-order valence-corrected chi connectivity index (χ1v) is 7.02. The summed E-state index contributed by atoms with van der Waals surface area (Å²) < 4.78 is 5.56. The van der Waals surface area contributed by atoms with E-state index in [0.29, 0.717) is 6.42 Å². The number of pyridine rings is 1. The van der Waals surface area contributed by atoms with Crippen LogP contribution in [0.2, 0.25) is 0 Å². The van der Waals surface area contributed by atoms with Gasteiger partial charge in [-0.05, 0) is 5.92 Å². The van der Waals surface area contributed by atoms with Crippen molar-refractivity contribution in [3.63, 3.8) is 0 Å². The number of amides is 1. The highest BCUT2D eigenvalue weighted by Crippen LogP contribution is 2.10. The molecule has 2 atom stereocenters. The van der Waals surface area contributed by atoms with E-state index in [2.05, 4.69) is 10.1 Å². The Labute approximate surface area is 132 Å². The normalized spacial score (nSPS) is 13.0. The Balaban J connectivity index is 2.90. The first-order chi connectivity index (χ1) is 10.8. The monoisotopic (exact) mass is 325 g/mol. The molecule has 1 aromatic heterocycles. The maximum absolute atomic E-state index is 12.0. The molecule has 0 aliphatic heterocycles. The van der Waals surface area contributed by atoms with E-state index in [1.165, 1.54) is 7.11 Å². The van der Waals surface area contributed by atoms with Crippen LogP contribution < -0.4 is 10.9 Å². The van der Waals surface area contributed by atoms with Crippen LogP contribution in [0.25, 0.3) is 0 Å². The second-order valence-electron chi connectivity index (χ2n) is 5.06. The lowest BCUT2D eigenvalue weighted by Crippen LogP contribution is -2.47. The fraction of sp³-hybridized carbons (Fsp3) is 0.500. The number of esters is 1. The van der Waals surface area contributed by atoms with Gasteiger partial charge in [0.05, 0.1) is 18.2 Å². The molecule has 1 aromatic rings. The summed E-state index contributed by atoms with van der Waals surface area (Å²) in [6.07, 6.45) is 1.62. The molecule has 1 rings (SSSR count). The lowest BCUT2D eigenvalue weighted by atomic mass is 9.99. The molecule has 9 nitrogen and oxygen atoms in total. The Morgan fingerprint density at radius 3 is 2.61 bits per heavy atom. The Kier molecular flexibility index (Phi) is 6.43. The second kappa shape index (κ2) is 8.06. The molecule has 1 N–H and O–H groups in total. The number of hydrogen-bond donors (Lipinski definition) is 1. The number of aromatic nitrogens is 1. The predicted octanol–water partition coefficient (Wildman–Crippen LogP) is 0.460. The van der Waals surface area contributed by atoms with Crippen LogP contribution in [0.4, 0.5) is 5.69 Å². The van der Waals surface area contributed by atoms with Crippen LogP contribution in [0.15, 0.2) is 23.1 Å². The van der Waals surface area contributed by atoms with E-state index in [4.69, 9.17) is 0 Å². The molecule has 23 heavy (non-hydrogen) atoms. The Morgan fingerprint density at radius 2 is 2.09 bits per heavy atom. The zero-order chi connectivity index (χ0) is 17.6. The maximum atomic E-state index is 12.0. The fourth-order valence-electron chi connectivity index (χ4n) is 1.92. The van der Waals surface area contributed by atoms with Crippen LogP contribution in [0, 0.1) is 16.0 Å². The Bertz CT molecular complexity index is 654. The fourth-order valence-corrected chi connectivity index (χ4v) is 1.92. The molecular formula is C14H19N3O6. The lowest BCUT2D eigenvalue weighted by molar-refractivity contribution is -0.385. The molecule has 0 saturated carbocycles. The minimum atomic E-state index is -0.841. The summed E-state index contributed by atoms with van der Waals surface area (Å²) >= 11 is 0. The van der Waals surface area contributed by atoms with Gasteiger partial charge in [0.2, 0.25) is 5.91 Å². The van der Waals surface area contributed by atoms with Crippen LogP contribution in [0.5, 0.6) is 0 Å². The van der Waals surface area contributed by atoms with Crippen molar-refractivity contribution in [3.05, 3.63) is 38.8 Å². The number of hydrogen-bond acceptors (Lipinski definition) is 6. The van der Waals surface area contributed by atoms with Crippen LogP contribution in [-0.4, -0.2) is 34.5 Å². The van der Waals surface area contributed by atoms with Crippen molar-refractivity contribution in [1.82, 2.24) is 9.88 Å². The number of carbonyl (C=O) groups is 2. The van der Waals surface area contributed by atoms with E-state index >= 15 is 0 Å². The first-order valence-electron chi connectivity index (χ1n) is 7.02. The van der Waals surface area contributed by atoms with Gasteiger partial charge in [0, 0.05) is 12.1 Å². The summed E-state index contributed by atoms with van der Waals surface area (Å²) in [4.78, 5) is 45.5. The Morgan fingerprint density at radius 1 is 1.43 bits per heavy atom. The molecule has 0 bridgehead atoms. The summed E-state index contributed by atoms with van der Waals surface area (Å²) in [6, 6.07) is 1.23. The number of nitrogens with one attached hydrogen (secondary N) is 1. The van der Waals surface area contributed by atoms with E-state index in [-0.39, 0.29) is 11.6 Å². The molecule has 0 fully saturated rings. The average Bonchev–Trinajstić information content (AvgIpc) is 2.52. The molecule has 2 unspecified atom stereocenters. The van der Waals surface area contributed by atoms with E-state index in [0.717, 1.165) is 22.9 Å². The molecular weight excluding hydrogens is 306 g/mol. The number of methoxy groups -OCH3 is 1. The zero-order valence-electron chi connectivity index (χ0n) is 13.1. The molecule has 0 spiro atoms. The van der Waals surface area contributed by atoms with Gasteiger partial charge in [-0.2, -0.15) is 0 Å². The van der Waals surface area contributed by atoms with Crippen molar-refractivity contribution in [2.75, 3.05) is 7.11 Å². The molecule has 1 heterocycles. The molecule has 0 aliphatic carbocycles. The largest absolute Gasteiger partial charge is 0.467 e. The van der Waals surface area contributed by atoms with Crippen molar-refractivity contribution < 1.29 is 19.2 Å². The van der Waals surface area contributed by atoms with Crippen LogP contribution in [-0.2, 0) is 20.9 Å². The SMILES string of the molecule is CCC(C)C(NC(=O)Cn1cc([N+](=O)[O-])ccc1=O)C(=O)OC. The molecule has 0 aromatic carbocycles. The molecule has 0 radical (unpaired) electrons. The van der Waals surface area contributed by atoms with Gasteiger partial charge in [-0.3, -0.25) is 24.3 Å². The van der Waals surface area contributed by atoms with E-state index in [9.17, 15) is 24.5 Å². The number of carbonyl (C=O) groups excluding carboxylic acids is 2. The van der Waals surface area contributed by atoms with Gasteiger partial charge in [0.25, 0.3) is 11.2 Å². The average molecular weight is 325 g/mol. The maximum Gasteiger partial charge on any atom is 0.328 e. The van der Waals surface area contributed by atoms with E-state index < -0.39 is 34.9 Å². The molecule has 126 valence electrons. The van der Waals surface area contributed by atoms with Gasteiger partial charge in [-0.15, -0.1) is 0 Å². The van der Waals surface area contributed by atoms with Gasteiger partial charge in [-0.1, -0.05) is 20.3 Å². The van der Waals surface area contributed by atoms with Crippen molar-refractivity contribution in [2.24, 2.45) is 5.92 Å². The first kappa shape index (κ1) is 18.3. The van der Waals surface area contributed by atoms with Gasteiger partial charge < -0.3 is 10.1 Å². The highest BCUT2D eigenvalue weighted by molar-refractivity contribution is 5.84.